The lowest BCUT2D eigenvalue weighted by Gasteiger charge is -1.83. The van der Waals surface area contributed by atoms with E-state index >= 15 is 0 Å². The summed E-state index contributed by atoms with van der Waals surface area (Å²) in [7, 11) is 0. The maximum atomic E-state index is 5.27. The third kappa shape index (κ3) is 1.35. The van der Waals surface area contributed by atoms with Gasteiger partial charge in [-0.3, -0.25) is 0 Å². The van der Waals surface area contributed by atoms with E-state index in [2.05, 4.69) is 26.1 Å². The molecule has 0 aliphatic rings. The van der Waals surface area contributed by atoms with Crippen molar-refractivity contribution in [1.82, 2.24) is 10.2 Å². The van der Waals surface area contributed by atoms with Crippen LogP contribution in [0.3, 0.4) is 0 Å². The Hall–Kier alpha value is -0.880. The van der Waals surface area contributed by atoms with Crippen LogP contribution in [0.4, 0.5) is 6.01 Å². The molecule has 0 atom stereocenters. The number of hydrogen-bond acceptors (Lipinski definition) is 5. The van der Waals surface area contributed by atoms with E-state index in [9.17, 15) is 0 Å². The standard InChI is InChI=1S/C6H4BrN3OS/c7-4-1-3(2-12-4)5-9-10-6(8)11-5/h1-2H,(H2,8,10). The first-order valence-corrected chi connectivity index (χ1v) is 4.76. The Bertz CT molecular complexity index is 359. The van der Waals surface area contributed by atoms with E-state index in [-0.39, 0.29) is 6.01 Å². The van der Waals surface area contributed by atoms with Crippen molar-refractivity contribution >= 4 is 33.3 Å². The molecule has 2 aromatic heterocycles. The maximum Gasteiger partial charge on any atom is 0.313 e. The van der Waals surface area contributed by atoms with Gasteiger partial charge in [-0.25, -0.2) is 0 Å². The Morgan fingerprint density at radius 2 is 2.33 bits per heavy atom. The molecule has 0 unspecified atom stereocenters. The Morgan fingerprint density at radius 3 is 2.83 bits per heavy atom. The van der Waals surface area contributed by atoms with Gasteiger partial charge < -0.3 is 10.2 Å². The second kappa shape index (κ2) is 2.87. The summed E-state index contributed by atoms with van der Waals surface area (Å²) in [6.45, 7) is 0. The van der Waals surface area contributed by atoms with Crippen LogP contribution in [0, 0.1) is 0 Å². The molecule has 2 rings (SSSR count). The summed E-state index contributed by atoms with van der Waals surface area (Å²) in [4.78, 5) is 0. The van der Waals surface area contributed by atoms with E-state index in [1.165, 1.54) is 0 Å². The van der Waals surface area contributed by atoms with E-state index in [0.717, 1.165) is 9.35 Å². The van der Waals surface area contributed by atoms with Gasteiger partial charge in [-0.05, 0) is 22.0 Å². The predicted molar refractivity (Wildman–Crippen MR) is 49.7 cm³/mol. The summed E-state index contributed by atoms with van der Waals surface area (Å²) >= 11 is 4.89. The van der Waals surface area contributed by atoms with Gasteiger partial charge in [0, 0.05) is 5.38 Å². The zero-order valence-corrected chi connectivity index (χ0v) is 8.22. The molecule has 2 heterocycles. The van der Waals surface area contributed by atoms with Crippen LogP contribution in [-0.2, 0) is 0 Å². The third-order valence-corrected chi connectivity index (χ3v) is 2.76. The van der Waals surface area contributed by atoms with Crippen LogP contribution < -0.4 is 5.73 Å². The monoisotopic (exact) mass is 245 g/mol. The first kappa shape index (κ1) is 7.75. The first-order valence-electron chi connectivity index (χ1n) is 3.09. The van der Waals surface area contributed by atoms with Gasteiger partial charge in [-0.1, -0.05) is 5.10 Å². The molecule has 0 saturated heterocycles. The number of thiophene rings is 1. The quantitative estimate of drug-likeness (QED) is 0.837. The molecule has 0 fully saturated rings. The van der Waals surface area contributed by atoms with Gasteiger partial charge in [0.1, 0.15) is 0 Å². The molecule has 4 nitrogen and oxygen atoms in total. The molecule has 62 valence electrons. The normalized spacial score (nSPS) is 10.4. The number of rotatable bonds is 1. The van der Waals surface area contributed by atoms with Crippen LogP contribution >= 0.6 is 27.3 Å². The molecule has 0 bridgehead atoms. The Morgan fingerprint density at radius 1 is 1.50 bits per heavy atom. The number of hydrogen-bond donors (Lipinski definition) is 1. The number of halogens is 1. The van der Waals surface area contributed by atoms with Crippen LogP contribution in [0.25, 0.3) is 11.5 Å². The van der Waals surface area contributed by atoms with Crippen molar-refractivity contribution in [2.45, 2.75) is 0 Å². The van der Waals surface area contributed by atoms with Crippen LogP contribution in [0.1, 0.15) is 0 Å². The van der Waals surface area contributed by atoms with Gasteiger partial charge in [-0.15, -0.1) is 16.4 Å². The van der Waals surface area contributed by atoms with Gasteiger partial charge in [0.2, 0.25) is 0 Å². The Kier molecular flexibility index (Phi) is 1.86. The summed E-state index contributed by atoms with van der Waals surface area (Å²) < 4.78 is 6.05. The predicted octanol–water partition coefficient (Wildman–Crippen LogP) is 2.14. The van der Waals surface area contributed by atoms with E-state index in [4.69, 9.17) is 10.2 Å². The third-order valence-electron chi connectivity index (χ3n) is 1.26. The van der Waals surface area contributed by atoms with Crippen LogP contribution in [0.15, 0.2) is 19.6 Å². The van der Waals surface area contributed by atoms with Gasteiger partial charge in [0.05, 0.1) is 9.35 Å². The van der Waals surface area contributed by atoms with Crippen LogP contribution in [0.5, 0.6) is 0 Å². The zero-order chi connectivity index (χ0) is 8.55. The molecule has 0 aliphatic heterocycles. The summed E-state index contributed by atoms with van der Waals surface area (Å²) in [6, 6.07) is 1.99. The molecule has 0 amide bonds. The van der Waals surface area contributed by atoms with Crippen molar-refractivity contribution < 1.29 is 4.42 Å². The number of nitrogens with zero attached hydrogens (tertiary/aromatic N) is 2. The molecule has 0 saturated carbocycles. The SMILES string of the molecule is Nc1nnc(-c2csc(Br)c2)o1. The highest BCUT2D eigenvalue weighted by atomic mass is 79.9. The van der Waals surface area contributed by atoms with E-state index in [1.54, 1.807) is 11.3 Å². The average molecular weight is 246 g/mol. The second-order valence-electron chi connectivity index (χ2n) is 2.08. The van der Waals surface area contributed by atoms with Crippen molar-refractivity contribution in [3.8, 4) is 11.5 Å². The minimum Gasteiger partial charge on any atom is -0.404 e. The van der Waals surface area contributed by atoms with Gasteiger partial charge in [0.15, 0.2) is 0 Å². The first-order chi connectivity index (χ1) is 5.75. The fourth-order valence-corrected chi connectivity index (χ4v) is 1.90. The van der Waals surface area contributed by atoms with E-state index in [0.29, 0.717) is 5.89 Å². The average Bonchev–Trinajstić information content (AvgIpc) is 2.58. The molecular formula is C6H4BrN3OS. The number of nitrogens with two attached hydrogens (primary N) is 1. The lowest BCUT2D eigenvalue weighted by atomic mass is 10.3. The highest BCUT2D eigenvalue weighted by molar-refractivity contribution is 9.11. The molecule has 0 aromatic carbocycles. The van der Waals surface area contributed by atoms with Crippen molar-refractivity contribution in [2.75, 3.05) is 5.73 Å². The Labute approximate surface area is 80.5 Å². The van der Waals surface area contributed by atoms with Crippen molar-refractivity contribution in [3.63, 3.8) is 0 Å². The van der Waals surface area contributed by atoms with Crippen LogP contribution in [0.2, 0.25) is 0 Å². The van der Waals surface area contributed by atoms with E-state index in [1.807, 2.05) is 11.4 Å². The zero-order valence-electron chi connectivity index (χ0n) is 5.82. The summed E-state index contributed by atoms with van der Waals surface area (Å²) in [5.41, 5.74) is 6.16. The fraction of sp³-hybridized carbons (Fsp3) is 0. The lowest BCUT2D eigenvalue weighted by Crippen LogP contribution is -1.81. The van der Waals surface area contributed by atoms with Crippen molar-refractivity contribution in [2.24, 2.45) is 0 Å². The smallest absolute Gasteiger partial charge is 0.313 e. The summed E-state index contributed by atoms with van der Waals surface area (Å²) in [5.74, 6) is 0.453. The Balaban J connectivity index is 2.43. The molecule has 0 aliphatic carbocycles. The minimum atomic E-state index is 0.0901. The van der Waals surface area contributed by atoms with E-state index < -0.39 is 0 Å². The summed E-state index contributed by atoms with van der Waals surface area (Å²) in [5, 5.41) is 9.21. The van der Waals surface area contributed by atoms with Crippen LogP contribution in [-0.4, -0.2) is 10.2 Å². The van der Waals surface area contributed by atoms with Crippen molar-refractivity contribution in [3.05, 3.63) is 15.2 Å². The molecular weight excluding hydrogens is 242 g/mol. The lowest BCUT2D eigenvalue weighted by molar-refractivity contribution is 0.590. The van der Waals surface area contributed by atoms with Gasteiger partial charge >= 0.3 is 6.01 Å². The number of anilines is 1. The van der Waals surface area contributed by atoms with Crippen molar-refractivity contribution in [1.29, 1.82) is 0 Å². The molecule has 0 radical (unpaired) electrons. The minimum absolute atomic E-state index is 0.0901. The highest BCUT2D eigenvalue weighted by Gasteiger charge is 2.07. The van der Waals surface area contributed by atoms with Gasteiger partial charge in [-0.2, -0.15) is 0 Å². The topological polar surface area (TPSA) is 64.9 Å². The largest absolute Gasteiger partial charge is 0.404 e. The molecule has 0 spiro atoms. The maximum absolute atomic E-state index is 5.27. The van der Waals surface area contributed by atoms with Gasteiger partial charge in [0.25, 0.3) is 5.89 Å². The number of aromatic nitrogens is 2. The fourth-order valence-electron chi connectivity index (χ4n) is 0.773. The molecule has 6 heteroatoms. The highest BCUT2D eigenvalue weighted by Crippen LogP contribution is 2.28. The molecule has 2 N–H and O–H groups in total. The summed E-state index contributed by atoms with van der Waals surface area (Å²) in [6.07, 6.45) is 0. The molecule has 12 heavy (non-hydrogen) atoms. The molecule has 2 aromatic rings. The number of nitrogen functional groups attached to an aromatic ring is 1. The second-order valence-corrected chi connectivity index (χ2v) is 4.38.